The topological polar surface area (TPSA) is 83.4 Å². The minimum Gasteiger partial charge on any atom is -0.497 e. The first-order chi connectivity index (χ1) is 17.5. The maximum absolute atomic E-state index is 13.5. The zero-order chi connectivity index (χ0) is 25.1. The number of aliphatic imine (C=N–C) groups is 2. The number of hydrogen-bond donors (Lipinski definition) is 1. The Morgan fingerprint density at radius 1 is 1.06 bits per heavy atom. The van der Waals surface area contributed by atoms with Crippen molar-refractivity contribution in [3.05, 3.63) is 95.6 Å². The normalized spacial score (nSPS) is 17.0. The van der Waals surface area contributed by atoms with Crippen LogP contribution < -0.4 is 10.1 Å². The second kappa shape index (κ2) is 10.4. The highest BCUT2D eigenvalue weighted by molar-refractivity contribution is 8.15. The molecule has 2 atom stereocenters. The Morgan fingerprint density at radius 3 is 2.61 bits per heavy atom. The molecule has 2 aliphatic heterocycles. The number of carbonyl (C=O) groups is 2. The smallest absolute Gasteiger partial charge is 0.259 e. The number of hydrogen-bond acceptors (Lipinski definition) is 6. The van der Waals surface area contributed by atoms with Crippen LogP contribution >= 0.6 is 11.8 Å². The fraction of sp³-hybridized carbons (Fsp3) is 0.214. The van der Waals surface area contributed by atoms with Gasteiger partial charge < -0.3 is 10.1 Å². The molecule has 0 radical (unpaired) electrons. The Bertz CT molecular complexity index is 1360. The van der Waals surface area contributed by atoms with Crippen molar-refractivity contribution in [2.45, 2.75) is 31.2 Å². The number of benzene rings is 3. The highest BCUT2D eigenvalue weighted by atomic mass is 32.2. The predicted molar refractivity (Wildman–Crippen MR) is 143 cm³/mol. The number of carbonyl (C=O) groups excluding carboxylic acids is 2. The molecule has 5 rings (SSSR count). The van der Waals surface area contributed by atoms with Gasteiger partial charge in [-0.25, -0.2) is 9.89 Å². The molecular weight excluding hydrogens is 472 g/mol. The van der Waals surface area contributed by atoms with Crippen molar-refractivity contribution >= 4 is 40.3 Å². The Kier molecular flexibility index (Phi) is 6.86. The number of nitrogens with one attached hydrogen (secondary N) is 1. The summed E-state index contributed by atoms with van der Waals surface area (Å²) in [6.45, 7) is 2.19. The lowest BCUT2D eigenvalue weighted by molar-refractivity contribution is -0.124. The maximum atomic E-state index is 13.5. The molecular formula is C28H26N4O3S. The van der Waals surface area contributed by atoms with E-state index in [4.69, 9.17) is 14.7 Å². The van der Waals surface area contributed by atoms with Crippen LogP contribution in [0.4, 0.5) is 5.69 Å². The highest BCUT2D eigenvalue weighted by Crippen LogP contribution is 2.35. The molecule has 36 heavy (non-hydrogen) atoms. The van der Waals surface area contributed by atoms with Crippen LogP contribution in [0.5, 0.6) is 5.75 Å². The molecule has 3 aromatic rings. The Morgan fingerprint density at radius 2 is 1.81 bits per heavy atom. The Labute approximate surface area is 214 Å². The summed E-state index contributed by atoms with van der Waals surface area (Å²) in [6, 6.07) is 24.5. The fourth-order valence-corrected chi connectivity index (χ4v) is 5.12. The SMILES string of the molecule is COc1cccc(CNC(=O)[C@H](C)SC2=Nc3ccccc3C3=N[C@@H](Cc4ccccc4)C(=O)N23)c1. The van der Waals surface area contributed by atoms with Crippen LogP contribution in [0.2, 0.25) is 0 Å². The standard InChI is InChI=1S/C28H26N4O3S/c1-18(26(33)29-17-20-11-8-12-21(15-20)35-2)36-28-31-23-14-7-6-13-22(23)25-30-24(27(34)32(25)28)16-19-9-4-3-5-10-19/h3-15,18,24H,16-17H2,1-2H3,(H,29,33)/t18-,24-/m0/s1. The maximum Gasteiger partial charge on any atom is 0.259 e. The number of rotatable bonds is 7. The summed E-state index contributed by atoms with van der Waals surface area (Å²) in [5, 5.41) is 2.97. The third-order valence-corrected chi connectivity index (χ3v) is 7.12. The molecule has 8 heteroatoms. The van der Waals surface area contributed by atoms with Crippen molar-refractivity contribution < 1.29 is 14.3 Å². The van der Waals surface area contributed by atoms with E-state index >= 15 is 0 Å². The Balaban J connectivity index is 1.33. The molecule has 0 fully saturated rings. The van der Waals surface area contributed by atoms with Crippen molar-refractivity contribution in [1.29, 1.82) is 0 Å². The van der Waals surface area contributed by atoms with Gasteiger partial charge in [-0.2, -0.15) is 0 Å². The van der Waals surface area contributed by atoms with Crippen molar-refractivity contribution in [2.75, 3.05) is 7.11 Å². The third-order valence-electron chi connectivity index (χ3n) is 6.07. The highest BCUT2D eigenvalue weighted by Gasteiger charge is 2.42. The molecule has 2 amide bonds. The fourth-order valence-electron chi connectivity index (χ4n) is 4.18. The van der Waals surface area contributed by atoms with Gasteiger partial charge >= 0.3 is 0 Å². The van der Waals surface area contributed by atoms with Crippen LogP contribution in [0.1, 0.15) is 23.6 Å². The minimum atomic E-state index is -0.531. The quantitative estimate of drug-likeness (QED) is 0.526. The molecule has 7 nitrogen and oxygen atoms in total. The average molecular weight is 499 g/mol. The molecule has 0 unspecified atom stereocenters. The third kappa shape index (κ3) is 4.90. The van der Waals surface area contributed by atoms with Crippen LogP contribution in [0.25, 0.3) is 0 Å². The van der Waals surface area contributed by atoms with Crippen LogP contribution in [-0.2, 0) is 22.6 Å². The molecule has 0 spiro atoms. The number of amidine groups is 2. The number of thioether (sulfide) groups is 1. The van der Waals surface area contributed by atoms with Crippen molar-refractivity contribution in [1.82, 2.24) is 10.2 Å². The lowest BCUT2D eigenvalue weighted by atomic mass is 10.1. The summed E-state index contributed by atoms with van der Waals surface area (Å²) in [5.41, 5.74) is 3.55. The zero-order valence-electron chi connectivity index (χ0n) is 20.0. The van der Waals surface area contributed by atoms with E-state index in [0.29, 0.717) is 24.0 Å². The van der Waals surface area contributed by atoms with E-state index in [9.17, 15) is 9.59 Å². The monoisotopic (exact) mass is 498 g/mol. The number of ether oxygens (including phenoxy) is 1. The van der Waals surface area contributed by atoms with Crippen molar-refractivity contribution in [2.24, 2.45) is 9.98 Å². The van der Waals surface area contributed by atoms with Crippen molar-refractivity contribution in [3.8, 4) is 5.75 Å². The molecule has 0 saturated carbocycles. The van der Waals surface area contributed by atoms with Crippen LogP contribution in [0.15, 0.2) is 88.8 Å². The van der Waals surface area contributed by atoms with Gasteiger partial charge in [-0.3, -0.25) is 14.6 Å². The molecule has 0 aromatic heterocycles. The number of para-hydroxylation sites is 1. The lowest BCUT2D eigenvalue weighted by Crippen LogP contribution is -2.43. The van der Waals surface area contributed by atoms with Gasteiger partial charge in [-0.1, -0.05) is 66.4 Å². The van der Waals surface area contributed by atoms with E-state index in [2.05, 4.69) is 5.32 Å². The van der Waals surface area contributed by atoms with Gasteiger partial charge in [0.2, 0.25) is 5.91 Å². The number of fused-ring (bicyclic) bond motifs is 3. The molecule has 2 heterocycles. The summed E-state index contributed by atoms with van der Waals surface area (Å²) in [5.74, 6) is 1.07. The first kappa shape index (κ1) is 23.8. The summed E-state index contributed by atoms with van der Waals surface area (Å²) in [7, 11) is 1.61. The van der Waals surface area contributed by atoms with E-state index in [0.717, 1.165) is 28.1 Å². The molecule has 1 N–H and O–H groups in total. The minimum absolute atomic E-state index is 0.126. The number of methoxy groups -OCH3 is 1. The number of amides is 2. The average Bonchev–Trinajstić information content (AvgIpc) is 3.24. The second-order valence-electron chi connectivity index (χ2n) is 8.57. The van der Waals surface area contributed by atoms with Gasteiger partial charge in [0.15, 0.2) is 5.17 Å². The van der Waals surface area contributed by atoms with E-state index in [1.807, 2.05) is 85.8 Å². The van der Waals surface area contributed by atoms with Crippen molar-refractivity contribution in [3.63, 3.8) is 0 Å². The van der Waals surface area contributed by atoms with Gasteiger partial charge in [0.1, 0.15) is 17.6 Å². The van der Waals surface area contributed by atoms with E-state index in [-0.39, 0.29) is 11.8 Å². The largest absolute Gasteiger partial charge is 0.497 e. The van der Waals surface area contributed by atoms with Crippen LogP contribution in [0, 0.1) is 0 Å². The van der Waals surface area contributed by atoms with E-state index < -0.39 is 11.3 Å². The molecule has 3 aromatic carbocycles. The van der Waals surface area contributed by atoms with Gasteiger partial charge in [0, 0.05) is 18.5 Å². The molecule has 0 saturated heterocycles. The Hall–Kier alpha value is -3.91. The van der Waals surface area contributed by atoms with Gasteiger partial charge in [0.05, 0.1) is 18.0 Å². The first-order valence-corrected chi connectivity index (χ1v) is 12.6. The van der Waals surface area contributed by atoms with Crippen LogP contribution in [-0.4, -0.2) is 46.1 Å². The first-order valence-electron chi connectivity index (χ1n) is 11.7. The summed E-state index contributed by atoms with van der Waals surface area (Å²) in [6.07, 6.45) is 0.510. The van der Waals surface area contributed by atoms with E-state index in [1.165, 1.54) is 11.8 Å². The summed E-state index contributed by atoms with van der Waals surface area (Å²) >= 11 is 1.26. The van der Waals surface area contributed by atoms with E-state index in [1.54, 1.807) is 12.0 Å². The molecule has 182 valence electrons. The molecule has 2 aliphatic rings. The second-order valence-corrected chi connectivity index (χ2v) is 9.88. The van der Waals surface area contributed by atoms with Gasteiger partial charge in [0.25, 0.3) is 5.91 Å². The zero-order valence-corrected chi connectivity index (χ0v) is 20.9. The molecule has 0 aliphatic carbocycles. The number of nitrogens with zero attached hydrogens (tertiary/aromatic N) is 3. The van der Waals surface area contributed by atoms with Gasteiger partial charge in [-0.15, -0.1) is 0 Å². The lowest BCUT2D eigenvalue weighted by Gasteiger charge is -2.27. The summed E-state index contributed by atoms with van der Waals surface area (Å²) < 4.78 is 5.25. The van der Waals surface area contributed by atoms with Gasteiger partial charge in [-0.05, 0) is 42.3 Å². The van der Waals surface area contributed by atoms with Crippen LogP contribution in [0.3, 0.4) is 0 Å². The predicted octanol–water partition coefficient (Wildman–Crippen LogP) is 4.33. The molecule has 0 bridgehead atoms. The summed E-state index contributed by atoms with van der Waals surface area (Å²) in [4.78, 5) is 37.5.